The van der Waals surface area contributed by atoms with Gasteiger partial charge >= 0.3 is 0 Å². The van der Waals surface area contributed by atoms with Crippen molar-refractivity contribution in [2.75, 3.05) is 44.3 Å². The van der Waals surface area contributed by atoms with Gasteiger partial charge in [-0.2, -0.15) is 0 Å². The highest BCUT2D eigenvalue weighted by molar-refractivity contribution is 5.82. The average molecular weight is 302 g/mol. The Morgan fingerprint density at radius 3 is 2.73 bits per heavy atom. The Hall–Kier alpha value is -1.69. The highest BCUT2D eigenvalue weighted by Crippen LogP contribution is 2.31. The van der Waals surface area contributed by atoms with Crippen molar-refractivity contribution >= 4 is 11.7 Å². The minimum atomic E-state index is 0.118. The predicted molar refractivity (Wildman–Crippen MR) is 81.8 cm³/mol. The highest BCUT2D eigenvalue weighted by atomic mass is 16.5. The summed E-state index contributed by atoms with van der Waals surface area (Å²) in [6.07, 6.45) is 6.26. The Morgan fingerprint density at radius 1 is 1.14 bits per heavy atom. The van der Waals surface area contributed by atoms with Crippen LogP contribution >= 0.6 is 0 Å². The zero-order valence-electron chi connectivity index (χ0n) is 12.8. The normalized spacial score (nSPS) is 22.2. The van der Waals surface area contributed by atoms with E-state index in [1.54, 1.807) is 6.33 Å². The SMILES string of the molecule is O=C(C1CN(c2ncnc3c2CCCC3)C1)N1CCOCC1. The van der Waals surface area contributed by atoms with Crippen LogP contribution in [0.3, 0.4) is 0 Å². The van der Waals surface area contributed by atoms with Crippen LogP contribution in [0.5, 0.6) is 0 Å². The van der Waals surface area contributed by atoms with Gasteiger partial charge in [-0.05, 0) is 25.7 Å². The third-order valence-corrected chi connectivity index (χ3v) is 4.96. The van der Waals surface area contributed by atoms with E-state index in [0.717, 1.165) is 44.8 Å². The lowest BCUT2D eigenvalue weighted by Gasteiger charge is -2.43. The molecule has 0 radical (unpaired) electrons. The van der Waals surface area contributed by atoms with Gasteiger partial charge in [0.2, 0.25) is 5.91 Å². The molecule has 6 nitrogen and oxygen atoms in total. The molecule has 1 aliphatic carbocycles. The molecular weight excluding hydrogens is 280 g/mol. The second kappa shape index (κ2) is 5.83. The summed E-state index contributed by atoms with van der Waals surface area (Å²) in [7, 11) is 0. The molecule has 22 heavy (non-hydrogen) atoms. The number of carbonyl (C=O) groups is 1. The van der Waals surface area contributed by atoms with Crippen LogP contribution in [0.4, 0.5) is 5.82 Å². The fraction of sp³-hybridized carbons (Fsp3) is 0.688. The van der Waals surface area contributed by atoms with Crippen LogP contribution in [0.25, 0.3) is 0 Å². The van der Waals surface area contributed by atoms with Gasteiger partial charge in [0.1, 0.15) is 12.1 Å². The maximum Gasteiger partial charge on any atom is 0.229 e. The van der Waals surface area contributed by atoms with Gasteiger partial charge in [0, 0.05) is 37.4 Å². The number of morpholine rings is 1. The molecule has 0 atom stereocenters. The molecule has 1 amide bonds. The molecule has 118 valence electrons. The zero-order valence-corrected chi connectivity index (χ0v) is 12.8. The number of amides is 1. The molecular formula is C16H22N4O2. The minimum absolute atomic E-state index is 0.118. The van der Waals surface area contributed by atoms with E-state index in [4.69, 9.17) is 4.74 Å². The number of aromatic nitrogens is 2. The lowest BCUT2D eigenvalue weighted by atomic mass is 9.93. The van der Waals surface area contributed by atoms with E-state index in [-0.39, 0.29) is 11.8 Å². The number of anilines is 1. The van der Waals surface area contributed by atoms with Gasteiger partial charge in [0.05, 0.1) is 19.1 Å². The molecule has 2 fully saturated rings. The molecule has 0 bridgehead atoms. The fourth-order valence-electron chi connectivity index (χ4n) is 3.63. The van der Waals surface area contributed by atoms with E-state index < -0.39 is 0 Å². The molecule has 3 aliphatic rings. The fourth-order valence-corrected chi connectivity index (χ4v) is 3.63. The van der Waals surface area contributed by atoms with Crippen molar-refractivity contribution in [3.8, 4) is 0 Å². The summed E-state index contributed by atoms with van der Waals surface area (Å²) in [5.74, 6) is 1.46. The molecule has 1 aromatic rings. The van der Waals surface area contributed by atoms with Gasteiger partial charge in [-0.25, -0.2) is 9.97 Å². The second-order valence-corrected chi connectivity index (χ2v) is 6.37. The van der Waals surface area contributed by atoms with Crippen molar-refractivity contribution in [3.63, 3.8) is 0 Å². The first kappa shape index (κ1) is 13.9. The van der Waals surface area contributed by atoms with E-state index in [0.29, 0.717) is 13.2 Å². The molecule has 2 aliphatic heterocycles. The maximum atomic E-state index is 12.5. The van der Waals surface area contributed by atoms with Gasteiger partial charge in [-0.15, -0.1) is 0 Å². The Labute approximate surface area is 130 Å². The Bertz CT molecular complexity index is 565. The smallest absolute Gasteiger partial charge is 0.229 e. The average Bonchev–Trinajstić information content (AvgIpc) is 2.54. The molecule has 0 aromatic carbocycles. The monoisotopic (exact) mass is 302 g/mol. The highest BCUT2D eigenvalue weighted by Gasteiger charge is 2.37. The number of hydrogen-bond donors (Lipinski definition) is 0. The number of rotatable bonds is 2. The van der Waals surface area contributed by atoms with Crippen LogP contribution in [-0.2, 0) is 22.4 Å². The van der Waals surface area contributed by atoms with Gasteiger partial charge in [0.15, 0.2) is 0 Å². The van der Waals surface area contributed by atoms with Crippen molar-refractivity contribution in [2.45, 2.75) is 25.7 Å². The van der Waals surface area contributed by atoms with Gasteiger partial charge in [0.25, 0.3) is 0 Å². The van der Waals surface area contributed by atoms with Crippen molar-refractivity contribution in [2.24, 2.45) is 5.92 Å². The molecule has 4 rings (SSSR count). The van der Waals surface area contributed by atoms with Crippen molar-refractivity contribution < 1.29 is 9.53 Å². The van der Waals surface area contributed by atoms with Crippen LogP contribution in [0.2, 0.25) is 0 Å². The molecule has 1 aromatic heterocycles. The standard InChI is InChI=1S/C16H22N4O2/c21-16(19-5-7-22-8-6-19)12-9-20(10-12)15-13-3-1-2-4-14(13)17-11-18-15/h11-12H,1-10H2. The Morgan fingerprint density at radius 2 is 1.91 bits per heavy atom. The topological polar surface area (TPSA) is 58.6 Å². The van der Waals surface area contributed by atoms with Gasteiger partial charge in [-0.1, -0.05) is 0 Å². The first-order valence-electron chi connectivity index (χ1n) is 8.27. The first-order chi connectivity index (χ1) is 10.8. The number of hydrogen-bond acceptors (Lipinski definition) is 5. The second-order valence-electron chi connectivity index (χ2n) is 6.37. The van der Waals surface area contributed by atoms with E-state index in [2.05, 4.69) is 14.9 Å². The van der Waals surface area contributed by atoms with E-state index in [1.807, 2.05) is 4.90 Å². The number of aryl methyl sites for hydroxylation is 1. The predicted octanol–water partition coefficient (Wildman–Crippen LogP) is 0.650. The summed E-state index contributed by atoms with van der Waals surface area (Å²) < 4.78 is 5.31. The van der Waals surface area contributed by atoms with Crippen LogP contribution in [0.15, 0.2) is 6.33 Å². The molecule has 0 unspecified atom stereocenters. The number of carbonyl (C=O) groups excluding carboxylic acids is 1. The summed E-state index contributed by atoms with van der Waals surface area (Å²) in [6, 6.07) is 0. The maximum absolute atomic E-state index is 12.5. The van der Waals surface area contributed by atoms with Crippen LogP contribution in [-0.4, -0.2) is 60.2 Å². The molecule has 0 spiro atoms. The first-order valence-corrected chi connectivity index (χ1v) is 8.27. The van der Waals surface area contributed by atoms with Crippen LogP contribution in [0, 0.1) is 5.92 Å². The van der Waals surface area contributed by atoms with E-state index >= 15 is 0 Å². The lowest BCUT2D eigenvalue weighted by Crippen LogP contribution is -2.56. The number of fused-ring (bicyclic) bond motifs is 1. The number of ether oxygens (including phenoxy) is 1. The molecule has 3 heterocycles. The quantitative estimate of drug-likeness (QED) is 0.803. The van der Waals surface area contributed by atoms with Gasteiger partial charge < -0.3 is 14.5 Å². The van der Waals surface area contributed by atoms with Gasteiger partial charge in [-0.3, -0.25) is 4.79 Å². The third kappa shape index (κ3) is 2.45. The summed E-state index contributed by atoms with van der Waals surface area (Å²) >= 11 is 0. The molecule has 6 heteroatoms. The summed E-state index contributed by atoms with van der Waals surface area (Å²) in [6.45, 7) is 4.39. The van der Waals surface area contributed by atoms with Crippen molar-refractivity contribution in [1.29, 1.82) is 0 Å². The van der Waals surface area contributed by atoms with E-state index in [9.17, 15) is 4.79 Å². The van der Waals surface area contributed by atoms with Crippen molar-refractivity contribution in [1.82, 2.24) is 14.9 Å². The van der Waals surface area contributed by atoms with E-state index in [1.165, 1.54) is 24.1 Å². The number of nitrogens with zero attached hydrogens (tertiary/aromatic N) is 4. The summed E-state index contributed by atoms with van der Waals surface area (Å²) in [4.78, 5) is 25.6. The molecule has 0 N–H and O–H groups in total. The van der Waals surface area contributed by atoms with Crippen LogP contribution < -0.4 is 4.90 Å². The summed E-state index contributed by atoms with van der Waals surface area (Å²) in [5, 5.41) is 0. The minimum Gasteiger partial charge on any atom is -0.378 e. The Balaban J connectivity index is 1.42. The zero-order chi connectivity index (χ0) is 14.9. The summed E-state index contributed by atoms with van der Waals surface area (Å²) in [5.41, 5.74) is 2.52. The largest absolute Gasteiger partial charge is 0.378 e. The molecule has 2 saturated heterocycles. The van der Waals surface area contributed by atoms with Crippen molar-refractivity contribution in [3.05, 3.63) is 17.6 Å². The van der Waals surface area contributed by atoms with Crippen LogP contribution in [0.1, 0.15) is 24.1 Å². The Kier molecular flexibility index (Phi) is 3.70. The molecule has 0 saturated carbocycles. The third-order valence-electron chi connectivity index (χ3n) is 4.96. The lowest BCUT2D eigenvalue weighted by molar-refractivity contribution is -0.140.